The van der Waals surface area contributed by atoms with E-state index >= 15 is 8.78 Å². The lowest BCUT2D eigenvalue weighted by Gasteiger charge is -2.63. The number of hydrogen-bond acceptors (Lipinski definition) is 6. The number of esters is 1. The summed E-state index contributed by atoms with van der Waals surface area (Å²) in [5.74, 6) is -3.98. The lowest BCUT2D eigenvalue weighted by atomic mass is 9.44. The van der Waals surface area contributed by atoms with Crippen molar-refractivity contribution in [3.63, 3.8) is 0 Å². The van der Waals surface area contributed by atoms with Gasteiger partial charge in [-0.3, -0.25) is 14.4 Å². The molecule has 0 saturated heterocycles. The Morgan fingerprint density at radius 3 is 2.53 bits per heavy atom. The summed E-state index contributed by atoms with van der Waals surface area (Å²) in [6.07, 6.45) is 0.271. The van der Waals surface area contributed by atoms with Crippen LogP contribution in [0.2, 0.25) is 0 Å². The number of fused-ring (bicyclic) bond motifs is 5. The Labute approximate surface area is 185 Å². The highest BCUT2D eigenvalue weighted by atomic mass is 19.1. The molecule has 0 spiro atoms. The Morgan fingerprint density at radius 1 is 1.25 bits per heavy atom. The number of hydrogen-bond donors (Lipinski definition) is 2. The number of rotatable bonds is 3. The van der Waals surface area contributed by atoms with E-state index in [4.69, 9.17) is 4.74 Å². The molecule has 32 heavy (non-hydrogen) atoms. The van der Waals surface area contributed by atoms with Crippen LogP contribution in [0.1, 0.15) is 47.0 Å². The first-order valence-corrected chi connectivity index (χ1v) is 11.1. The van der Waals surface area contributed by atoms with Crippen LogP contribution in [0.3, 0.4) is 0 Å². The van der Waals surface area contributed by atoms with Gasteiger partial charge in [-0.05, 0) is 55.7 Å². The Kier molecular flexibility index (Phi) is 5.11. The molecule has 176 valence electrons. The fraction of sp³-hybridized carbons (Fsp3) is 0.708. The maximum Gasteiger partial charge on any atom is 0.303 e. The number of aliphatic hydroxyl groups excluding tert-OH is 1. The third-order valence-electron chi connectivity index (χ3n) is 9.04. The molecule has 3 fully saturated rings. The molecule has 4 aliphatic rings. The molecule has 8 heteroatoms. The number of aliphatic hydroxyl groups is 2. The molecule has 3 saturated carbocycles. The van der Waals surface area contributed by atoms with Crippen molar-refractivity contribution in [2.24, 2.45) is 28.6 Å². The van der Waals surface area contributed by atoms with Gasteiger partial charge in [0.15, 0.2) is 18.1 Å². The van der Waals surface area contributed by atoms with Crippen LogP contribution in [0.25, 0.3) is 0 Å². The lowest BCUT2D eigenvalue weighted by Crippen LogP contribution is -2.70. The molecule has 0 aromatic carbocycles. The number of alkyl halides is 2. The van der Waals surface area contributed by atoms with Gasteiger partial charge in [0.05, 0.1) is 6.10 Å². The third-order valence-corrected chi connectivity index (χ3v) is 9.04. The first-order chi connectivity index (χ1) is 14.7. The van der Waals surface area contributed by atoms with E-state index in [1.165, 1.54) is 19.1 Å². The molecule has 0 amide bonds. The summed E-state index contributed by atoms with van der Waals surface area (Å²) in [6, 6.07) is 0. The van der Waals surface area contributed by atoms with Crippen LogP contribution in [0.4, 0.5) is 8.78 Å². The van der Waals surface area contributed by atoms with Crippen LogP contribution in [0.5, 0.6) is 0 Å². The maximum absolute atomic E-state index is 17.0. The number of carbonyl (C=O) groups excluding carboxylic acids is 3. The molecule has 0 radical (unpaired) electrons. The van der Waals surface area contributed by atoms with Gasteiger partial charge in [0.1, 0.15) is 11.8 Å². The zero-order chi connectivity index (χ0) is 23.9. The molecule has 0 heterocycles. The van der Waals surface area contributed by atoms with Crippen molar-refractivity contribution in [2.45, 2.75) is 70.5 Å². The summed E-state index contributed by atoms with van der Waals surface area (Å²) >= 11 is 0. The van der Waals surface area contributed by atoms with Gasteiger partial charge in [-0.2, -0.15) is 0 Å². The topological polar surface area (TPSA) is 101 Å². The average molecular weight is 452 g/mol. The third kappa shape index (κ3) is 2.65. The highest BCUT2D eigenvalue weighted by Crippen LogP contribution is 2.70. The number of ether oxygens (including phenoxy) is 1. The van der Waals surface area contributed by atoms with Gasteiger partial charge in [0.2, 0.25) is 5.78 Å². The summed E-state index contributed by atoms with van der Waals surface area (Å²) < 4.78 is 37.2. The van der Waals surface area contributed by atoms with Gasteiger partial charge < -0.3 is 14.9 Å². The molecule has 4 aliphatic carbocycles. The fourth-order valence-electron chi connectivity index (χ4n) is 7.41. The first-order valence-electron chi connectivity index (χ1n) is 11.1. The number of carbonyl (C=O) groups is 3. The van der Waals surface area contributed by atoms with Crippen molar-refractivity contribution in [3.05, 3.63) is 23.8 Å². The second kappa shape index (κ2) is 7.03. The van der Waals surface area contributed by atoms with E-state index in [0.29, 0.717) is 0 Å². The maximum atomic E-state index is 17.0. The molecule has 4 rings (SSSR count). The van der Waals surface area contributed by atoms with Crippen molar-refractivity contribution in [3.8, 4) is 0 Å². The normalized spacial score (nSPS) is 49.6. The molecule has 0 aromatic heterocycles. The van der Waals surface area contributed by atoms with Gasteiger partial charge in [-0.1, -0.05) is 19.9 Å². The van der Waals surface area contributed by atoms with E-state index in [9.17, 15) is 24.6 Å². The quantitative estimate of drug-likeness (QED) is 0.638. The molecule has 0 bridgehead atoms. The number of allylic oxidation sites excluding steroid dienone is 4. The van der Waals surface area contributed by atoms with Crippen LogP contribution in [-0.4, -0.2) is 57.9 Å². The molecular weight excluding hydrogens is 422 g/mol. The van der Waals surface area contributed by atoms with E-state index in [1.54, 1.807) is 13.8 Å². The van der Waals surface area contributed by atoms with Gasteiger partial charge in [0.25, 0.3) is 0 Å². The van der Waals surface area contributed by atoms with Crippen LogP contribution >= 0.6 is 0 Å². The Morgan fingerprint density at radius 2 is 1.91 bits per heavy atom. The first kappa shape index (κ1) is 23.2. The van der Waals surface area contributed by atoms with Gasteiger partial charge in [0, 0.05) is 23.7 Å². The second-order valence-electron chi connectivity index (χ2n) is 10.5. The summed E-state index contributed by atoms with van der Waals surface area (Å²) in [4.78, 5) is 36.1. The number of halogens is 2. The Balaban J connectivity index is 1.79. The van der Waals surface area contributed by atoms with E-state index in [-0.39, 0.29) is 24.8 Å². The average Bonchev–Trinajstić information content (AvgIpc) is 2.91. The summed E-state index contributed by atoms with van der Waals surface area (Å²) in [6.45, 7) is 5.34. The minimum absolute atomic E-state index is 0.0265. The smallest absolute Gasteiger partial charge is 0.303 e. The Bertz CT molecular complexity index is 945. The zero-order valence-electron chi connectivity index (χ0n) is 18.7. The number of ketones is 2. The minimum atomic E-state index is -2.27. The molecule has 9 atom stereocenters. The SMILES string of the molecule is CC(=O)OCC(=O)[C@@]1(O)[C@H](C)CC2C3C[C@H](F)C4=CC(=O)C=C[C@]4(C)[C@]3(F)[C@@H](O)C[C@@]21C. The van der Waals surface area contributed by atoms with Crippen LogP contribution < -0.4 is 0 Å². The van der Waals surface area contributed by atoms with Gasteiger partial charge in [-0.15, -0.1) is 0 Å². The van der Waals surface area contributed by atoms with Crippen LogP contribution in [0.15, 0.2) is 23.8 Å². The van der Waals surface area contributed by atoms with Crippen molar-refractivity contribution in [1.82, 2.24) is 0 Å². The Hall–Kier alpha value is -1.93. The predicted octanol–water partition coefficient (Wildman–Crippen LogP) is 2.41. The van der Waals surface area contributed by atoms with E-state index in [1.807, 2.05) is 0 Å². The minimum Gasteiger partial charge on any atom is -0.458 e. The van der Waals surface area contributed by atoms with Crippen LogP contribution in [0, 0.1) is 28.6 Å². The van der Waals surface area contributed by atoms with Gasteiger partial charge >= 0.3 is 5.97 Å². The van der Waals surface area contributed by atoms with E-state index < -0.39 is 76.3 Å². The predicted molar refractivity (Wildman–Crippen MR) is 110 cm³/mol. The standard InChI is InChI=1S/C24H30F2O6/c1-12-7-15-16-9-18(25)17-8-14(28)5-6-21(17,3)23(16,26)19(29)10-22(15,4)24(12,31)20(30)11-32-13(2)27/h5-6,8,12,15-16,18-19,29,31H,7,9-11H2,1-4H3/t12-,15?,16?,18+,19+,21+,22+,23-,24+/m1/s1. The summed E-state index contributed by atoms with van der Waals surface area (Å²) in [5.41, 5.74) is -6.97. The van der Waals surface area contributed by atoms with Crippen molar-refractivity contribution >= 4 is 17.5 Å². The van der Waals surface area contributed by atoms with E-state index in [2.05, 4.69) is 0 Å². The number of Topliss-reactive ketones (excluding diaryl/α,β-unsaturated/α-hetero) is 1. The molecule has 0 aromatic rings. The molecule has 2 N–H and O–H groups in total. The summed E-state index contributed by atoms with van der Waals surface area (Å²) in [7, 11) is 0. The highest BCUT2D eigenvalue weighted by molar-refractivity contribution is 6.01. The van der Waals surface area contributed by atoms with Crippen molar-refractivity contribution < 1.29 is 38.1 Å². The lowest BCUT2D eigenvalue weighted by molar-refractivity contribution is -0.224. The molecule has 0 aliphatic heterocycles. The molecule has 2 unspecified atom stereocenters. The highest BCUT2D eigenvalue weighted by Gasteiger charge is 2.76. The van der Waals surface area contributed by atoms with Crippen molar-refractivity contribution in [1.29, 1.82) is 0 Å². The van der Waals surface area contributed by atoms with Gasteiger partial charge in [-0.25, -0.2) is 8.78 Å². The zero-order valence-corrected chi connectivity index (χ0v) is 18.7. The fourth-order valence-corrected chi connectivity index (χ4v) is 7.41. The van der Waals surface area contributed by atoms with Crippen molar-refractivity contribution in [2.75, 3.05) is 6.61 Å². The molecular formula is C24H30F2O6. The van der Waals surface area contributed by atoms with E-state index in [0.717, 1.165) is 13.0 Å². The largest absolute Gasteiger partial charge is 0.458 e. The second-order valence-corrected chi connectivity index (χ2v) is 10.5. The monoisotopic (exact) mass is 452 g/mol. The molecule has 6 nitrogen and oxygen atoms in total. The summed E-state index contributed by atoms with van der Waals surface area (Å²) in [5, 5.41) is 22.8. The van der Waals surface area contributed by atoms with Crippen LogP contribution in [-0.2, 0) is 19.1 Å².